The second-order valence-corrected chi connectivity index (χ2v) is 18.5. The second kappa shape index (κ2) is 14.1. The topological polar surface area (TPSA) is 163 Å². The number of piperidine rings is 1. The van der Waals surface area contributed by atoms with Gasteiger partial charge in [0.25, 0.3) is 0 Å². The summed E-state index contributed by atoms with van der Waals surface area (Å²) in [6, 6.07) is 10.7. The number of hydrazone groups is 1. The average molecular weight is 824 g/mol. The molecule has 1 unspecified atom stereocenters. The largest absolute Gasteiger partial charge is 0.496 e. The highest BCUT2D eigenvalue weighted by Crippen LogP contribution is 2.70. The van der Waals surface area contributed by atoms with E-state index in [1.165, 1.54) is 21.1 Å². The minimum absolute atomic E-state index is 0.125. The fourth-order valence-electron chi connectivity index (χ4n) is 13.7. The Morgan fingerprint density at radius 2 is 1.77 bits per heavy atom. The lowest BCUT2D eigenvalue weighted by Gasteiger charge is -2.64. The van der Waals surface area contributed by atoms with Gasteiger partial charge in [-0.3, -0.25) is 29.1 Å². The monoisotopic (exact) mass is 823 g/mol. The van der Waals surface area contributed by atoms with Crippen molar-refractivity contribution in [3.63, 3.8) is 0 Å². The number of aliphatic hydroxyl groups is 1. The molecule has 6 heterocycles. The number of aromatic nitrogens is 1. The van der Waals surface area contributed by atoms with Gasteiger partial charge in [-0.1, -0.05) is 32.0 Å². The summed E-state index contributed by atoms with van der Waals surface area (Å²) in [7, 11) is 4.31. The number of nitrogens with zero attached hydrogens (tertiary/aromatic N) is 4. The van der Waals surface area contributed by atoms with Crippen molar-refractivity contribution in [2.24, 2.45) is 21.8 Å². The van der Waals surface area contributed by atoms with Crippen LogP contribution in [0.5, 0.6) is 5.75 Å². The Bertz CT molecular complexity index is 2310. The van der Waals surface area contributed by atoms with Crippen molar-refractivity contribution in [2.75, 3.05) is 52.4 Å². The normalized spacial score (nSPS) is 36.2. The number of aromatic amines is 1. The summed E-state index contributed by atoms with van der Waals surface area (Å²) in [4.78, 5) is 64.6. The molecule has 1 saturated carbocycles. The molecule has 2 bridgehead atoms. The van der Waals surface area contributed by atoms with Gasteiger partial charge in [0, 0.05) is 78.4 Å². The Morgan fingerprint density at radius 3 is 2.45 bits per heavy atom. The van der Waals surface area contributed by atoms with Crippen molar-refractivity contribution in [3.05, 3.63) is 58.8 Å². The number of carbonyl (C=O) groups excluding carboxylic acids is 4. The van der Waals surface area contributed by atoms with Crippen LogP contribution in [0.25, 0.3) is 10.9 Å². The first kappa shape index (κ1) is 40.5. The minimum Gasteiger partial charge on any atom is -0.496 e. The lowest BCUT2D eigenvalue weighted by atomic mass is 9.44. The molecule has 0 radical (unpaired) electrons. The predicted octanol–water partition coefficient (Wildman–Crippen LogP) is 4.61. The van der Waals surface area contributed by atoms with Gasteiger partial charge in [-0.05, 0) is 81.0 Å². The lowest BCUT2D eigenvalue weighted by molar-refractivity contribution is -0.211. The van der Waals surface area contributed by atoms with Gasteiger partial charge in [0.2, 0.25) is 6.41 Å². The molecule has 2 aromatic carbocycles. The van der Waals surface area contributed by atoms with Gasteiger partial charge in [0.1, 0.15) is 22.7 Å². The molecule has 1 aliphatic carbocycles. The smallest absolute Gasteiger partial charge is 0.322 e. The fourth-order valence-corrected chi connectivity index (χ4v) is 13.7. The molecule has 3 aromatic rings. The third-order valence-electron chi connectivity index (χ3n) is 15.8. The molecule has 1 amide bonds. The lowest BCUT2D eigenvalue weighted by Crippen LogP contribution is -2.77. The van der Waals surface area contributed by atoms with Crippen molar-refractivity contribution in [2.45, 2.75) is 107 Å². The second-order valence-electron chi connectivity index (χ2n) is 18.5. The number of amides is 1. The summed E-state index contributed by atoms with van der Waals surface area (Å²) in [6.45, 7) is 9.62. The third kappa shape index (κ3) is 5.15. The molecule has 14 heteroatoms. The number of nitrogens with one attached hydrogen (secondary N) is 1. The average Bonchev–Trinajstić information content (AvgIpc) is 3.92. The van der Waals surface area contributed by atoms with Gasteiger partial charge in [0.05, 0.1) is 44.7 Å². The summed E-state index contributed by atoms with van der Waals surface area (Å²) in [5, 5.41) is 20.0. The van der Waals surface area contributed by atoms with Crippen LogP contribution in [0.15, 0.2) is 41.5 Å². The van der Waals surface area contributed by atoms with Crippen LogP contribution in [0.4, 0.5) is 5.69 Å². The number of fused-ring (bicyclic) bond motifs is 6. The number of carbonyl (C=O) groups is 4. The van der Waals surface area contributed by atoms with Crippen molar-refractivity contribution in [1.29, 1.82) is 0 Å². The molecule has 2 N–H and O–H groups in total. The summed E-state index contributed by atoms with van der Waals surface area (Å²) < 4.78 is 24.2. The number of anilines is 1. The van der Waals surface area contributed by atoms with Crippen LogP contribution >= 0.6 is 0 Å². The summed E-state index contributed by atoms with van der Waals surface area (Å²) in [6.07, 6.45) is 5.07. The van der Waals surface area contributed by atoms with Gasteiger partial charge < -0.3 is 33.9 Å². The van der Waals surface area contributed by atoms with Crippen molar-refractivity contribution >= 4 is 47.1 Å². The quantitative estimate of drug-likeness (QED) is 0.185. The Kier molecular flexibility index (Phi) is 9.47. The molecule has 10 atom stereocenters. The summed E-state index contributed by atoms with van der Waals surface area (Å²) in [5.74, 6) is -1.35. The number of rotatable bonds is 8. The third-order valence-corrected chi connectivity index (χ3v) is 15.8. The van der Waals surface area contributed by atoms with Crippen LogP contribution in [0.3, 0.4) is 0 Å². The zero-order valence-corrected chi connectivity index (χ0v) is 35.7. The molecule has 320 valence electrons. The number of esters is 3. The molecule has 5 aliphatic heterocycles. The van der Waals surface area contributed by atoms with E-state index in [0.29, 0.717) is 88.1 Å². The van der Waals surface area contributed by atoms with E-state index in [-0.39, 0.29) is 5.92 Å². The van der Waals surface area contributed by atoms with Crippen LogP contribution in [-0.2, 0) is 50.6 Å². The minimum atomic E-state index is -1.54. The number of methoxy groups -OCH3 is 3. The molecule has 1 aromatic heterocycles. The number of para-hydroxylation sites is 1. The van der Waals surface area contributed by atoms with E-state index < -0.39 is 63.4 Å². The van der Waals surface area contributed by atoms with E-state index in [2.05, 4.69) is 27.9 Å². The maximum atomic E-state index is 15.4. The van der Waals surface area contributed by atoms with Crippen LogP contribution in [-0.4, -0.2) is 122 Å². The predicted molar refractivity (Wildman–Crippen MR) is 223 cm³/mol. The van der Waals surface area contributed by atoms with Gasteiger partial charge in [-0.2, -0.15) is 5.10 Å². The number of benzene rings is 2. The van der Waals surface area contributed by atoms with Gasteiger partial charge >= 0.3 is 17.9 Å². The molecule has 1 spiro atoms. The molecule has 60 heavy (non-hydrogen) atoms. The first-order chi connectivity index (χ1) is 28.8. The van der Waals surface area contributed by atoms with Crippen molar-refractivity contribution in [1.82, 2.24) is 14.9 Å². The first-order valence-electron chi connectivity index (χ1n) is 21.4. The number of hydrogen-bond donors (Lipinski definition) is 2. The van der Waals surface area contributed by atoms with Crippen LogP contribution in [0, 0.1) is 16.7 Å². The number of hydrogen-bond acceptors (Lipinski definition) is 12. The number of H-pyrrole nitrogens is 1. The van der Waals surface area contributed by atoms with E-state index in [4.69, 9.17) is 24.0 Å². The van der Waals surface area contributed by atoms with Crippen LogP contribution in [0.2, 0.25) is 0 Å². The van der Waals surface area contributed by atoms with E-state index in [1.807, 2.05) is 43.5 Å². The van der Waals surface area contributed by atoms with E-state index in [9.17, 15) is 19.5 Å². The Balaban J connectivity index is 1.38. The first-order valence-corrected chi connectivity index (χ1v) is 21.4. The Hall–Kier alpha value is -4.95. The maximum absolute atomic E-state index is 15.4. The maximum Gasteiger partial charge on any atom is 0.322 e. The highest BCUT2D eigenvalue weighted by molar-refractivity contribution is 5.96. The van der Waals surface area contributed by atoms with Crippen molar-refractivity contribution < 1.29 is 43.2 Å². The molecule has 9 rings (SSSR count). The van der Waals surface area contributed by atoms with E-state index >= 15 is 4.79 Å². The SMILES string of the molecule is CC[C@]1(O)C[C@H]2CN(CCc3c([nH]c4ccccc34)[C@@](C(=O)OC)(c3cc4c(cc3OC)N(C=O)[C@H]3[C@@](C)(C(=O)OC)[C@H](OC(C)=O)[C@]5(CC)CC=NN6CC[C@]43[C@@H]65)C2)C1. The molecule has 6 aliphatic rings. The molecule has 14 nitrogen and oxygen atoms in total. The van der Waals surface area contributed by atoms with Crippen LogP contribution in [0.1, 0.15) is 88.6 Å². The Morgan fingerprint density at radius 1 is 1.00 bits per heavy atom. The fraction of sp³-hybridized carbons (Fsp3) is 0.587. The molecular formula is C46H57N5O9. The molecule has 2 saturated heterocycles. The van der Waals surface area contributed by atoms with E-state index in [0.717, 1.165) is 34.1 Å². The standard InChI is InChI=1S/C46H57N5O9/c1-8-43(56)22-28-23-46(41(55)59-7,36-30(14-18-49(24-28)25-43)29-12-10-11-13-33(29)48-36)32-20-31-34(21-35(32)57-5)50(26-52)37-42(4,40(54)58-6)39(60-27(3)53)44(9-2)15-17-47-51-19-16-45(31,37)38(44)51/h10-13,17,20-21,26,28,37-39,48,56H,8-9,14-16,18-19,22-25H2,1-7H3/t28-,37+,38+,39+,42-,43+,44-,45+,46+/m1/s1. The van der Waals surface area contributed by atoms with Crippen molar-refractivity contribution in [3.8, 4) is 5.75 Å². The summed E-state index contributed by atoms with van der Waals surface area (Å²) >= 11 is 0. The van der Waals surface area contributed by atoms with Gasteiger partial charge in [-0.15, -0.1) is 0 Å². The van der Waals surface area contributed by atoms with E-state index in [1.54, 1.807) is 18.9 Å². The molecular weight excluding hydrogens is 767 g/mol. The van der Waals surface area contributed by atoms with Gasteiger partial charge in [0.15, 0.2) is 0 Å². The number of ether oxygens (including phenoxy) is 4. The highest BCUT2D eigenvalue weighted by atomic mass is 16.6. The summed E-state index contributed by atoms with van der Waals surface area (Å²) in [5.41, 5.74) is -1.22. The molecule has 3 fully saturated rings. The Labute approximate surface area is 350 Å². The van der Waals surface area contributed by atoms with Gasteiger partial charge in [-0.25, -0.2) is 0 Å². The zero-order valence-electron chi connectivity index (χ0n) is 35.7. The van der Waals surface area contributed by atoms with Crippen LogP contribution < -0.4 is 9.64 Å². The highest BCUT2D eigenvalue weighted by Gasteiger charge is 2.80. The zero-order chi connectivity index (χ0) is 42.6.